The highest BCUT2D eigenvalue weighted by Gasteiger charge is 2.33. The molecule has 0 bridgehead atoms. The fraction of sp³-hybridized carbons (Fsp3) is 0.381. The van der Waals surface area contributed by atoms with Gasteiger partial charge in [0.05, 0.1) is 18.9 Å². The predicted molar refractivity (Wildman–Crippen MR) is 109 cm³/mol. The molecule has 0 unspecified atom stereocenters. The van der Waals surface area contributed by atoms with Crippen molar-refractivity contribution in [3.05, 3.63) is 65.6 Å². The van der Waals surface area contributed by atoms with Gasteiger partial charge in [0.15, 0.2) is 11.6 Å². The molecule has 3 heterocycles. The number of tetrazole rings is 1. The molecule has 1 atom stereocenters. The number of carbonyl (C=O) groups is 2. The van der Waals surface area contributed by atoms with Gasteiger partial charge in [0.2, 0.25) is 0 Å². The maximum Gasteiger partial charge on any atom is 0.327 e. The van der Waals surface area contributed by atoms with Gasteiger partial charge in [0.25, 0.3) is 5.91 Å². The highest BCUT2D eigenvalue weighted by Crippen LogP contribution is 2.28. The van der Waals surface area contributed by atoms with Crippen molar-refractivity contribution in [2.24, 2.45) is 0 Å². The van der Waals surface area contributed by atoms with Crippen molar-refractivity contribution >= 4 is 11.9 Å². The molecule has 0 aliphatic carbocycles. The fourth-order valence-electron chi connectivity index (χ4n) is 3.76. The van der Waals surface area contributed by atoms with Gasteiger partial charge in [-0.1, -0.05) is 12.1 Å². The maximum absolute atomic E-state index is 13.6. The summed E-state index contributed by atoms with van der Waals surface area (Å²) < 4.78 is 25.2. The van der Waals surface area contributed by atoms with Crippen LogP contribution in [-0.2, 0) is 16.1 Å². The van der Waals surface area contributed by atoms with Crippen molar-refractivity contribution in [3.8, 4) is 0 Å². The number of rotatable bonds is 7. The summed E-state index contributed by atoms with van der Waals surface area (Å²) in [6, 6.07) is 8.97. The zero-order chi connectivity index (χ0) is 22.5. The molecular weight excluding hydrogens is 419 g/mol. The summed E-state index contributed by atoms with van der Waals surface area (Å²) in [4.78, 5) is 28.4. The zero-order valence-corrected chi connectivity index (χ0v) is 17.6. The summed E-state index contributed by atoms with van der Waals surface area (Å²) in [7, 11) is 0. The van der Waals surface area contributed by atoms with Crippen LogP contribution in [0, 0.1) is 5.82 Å². The van der Waals surface area contributed by atoms with Crippen LogP contribution in [0.5, 0.6) is 0 Å². The molecule has 1 saturated heterocycles. The first-order chi connectivity index (χ1) is 15.6. The Morgan fingerprint density at radius 1 is 1.16 bits per heavy atom. The Bertz CT molecular complexity index is 1040. The molecule has 1 fully saturated rings. The summed E-state index contributed by atoms with van der Waals surface area (Å²) in [6.07, 6.45) is 1.47. The number of carbonyl (C=O) groups excluding carboxylic acids is 2. The Kier molecular flexibility index (Phi) is 6.55. The number of nitrogens with zero attached hydrogens (tertiary/aromatic N) is 6. The number of aromatic nitrogens is 4. The molecule has 10 nitrogen and oxygen atoms in total. The number of hydrogen-bond donors (Lipinski definition) is 0. The number of amides is 1. The Morgan fingerprint density at radius 2 is 1.91 bits per heavy atom. The zero-order valence-electron chi connectivity index (χ0n) is 17.6. The molecule has 4 rings (SSSR count). The molecule has 1 aliphatic heterocycles. The highest BCUT2D eigenvalue weighted by molar-refractivity contribution is 5.91. The van der Waals surface area contributed by atoms with E-state index in [1.165, 1.54) is 23.1 Å². The molecule has 0 radical (unpaired) electrons. The lowest BCUT2D eigenvalue weighted by Gasteiger charge is -2.38. The van der Waals surface area contributed by atoms with Crippen molar-refractivity contribution in [3.63, 3.8) is 0 Å². The molecular formula is C21H23FN6O4. The third kappa shape index (κ3) is 4.67. The van der Waals surface area contributed by atoms with E-state index in [9.17, 15) is 14.0 Å². The van der Waals surface area contributed by atoms with E-state index in [4.69, 9.17) is 9.15 Å². The monoisotopic (exact) mass is 442 g/mol. The molecule has 32 heavy (non-hydrogen) atoms. The van der Waals surface area contributed by atoms with Gasteiger partial charge >= 0.3 is 5.97 Å². The third-order valence-corrected chi connectivity index (χ3v) is 5.27. The molecule has 3 aromatic rings. The second kappa shape index (κ2) is 9.69. The van der Waals surface area contributed by atoms with E-state index < -0.39 is 12.0 Å². The minimum absolute atomic E-state index is 0.134. The molecule has 0 N–H and O–H groups in total. The van der Waals surface area contributed by atoms with Gasteiger partial charge in [-0.25, -0.2) is 9.07 Å². The second-order valence-electron chi connectivity index (χ2n) is 7.26. The summed E-state index contributed by atoms with van der Waals surface area (Å²) in [5.74, 6) is -0.234. The van der Waals surface area contributed by atoms with Crippen LogP contribution in [0.25, 0.3) is 0 Å². The van der Waals surface area contributed by atoms with Gasteiger partial charge in [-0.2, -0.15) is 0 Å². The Morgan fingerprint density at radius 3 is 2.56 bits per heavy atom. The van der Waals surface area contributed by atoms with E-state index in [-0.39, 0.29) is 24.9 Å². The number of benzene rings is 1. The standard InChI is InChI=1S/C21H23FN6O4/c1-2-31-18(29)14-28-20(23-24-25-28)19(15-5-7-16(22)8-6-15)26-9-11-27(12-10-26)21(30)17-4-3-13-32-17/h3-8,13,19H,2,9-12,14H2,1H3/t19-/m1/s1. The van der Waals surface area contributed by atoms with Gasteiger partial charge in [-0.3, -0.25) is 14.5 Å². The van der Waals surface area contributed by atoms with E-state index in [1.807, 2.05) is 0 Å². The molecule has 1 aliphatic rings. The third-order valence-electron chi connectivity index (χ3n) is 5.27. The average molecular weight is 442 g/mol. The molecule has 2 aromatic heterocycles. The van der Waals surface area contributed by atoms with Crippen LogP contribution in [0.15, 0.2) is 47.1 Å². The van der Waals surface area contributed by atoms with E-state index in [1.54, 1.807) is 36.1 Å². The van der Waals surface area contributed by atoms with Crippen LogP contribution in [0.1, 0.15) is 34.9 Å². The van der Waals surface area contributed by atoms with Gasteiger partial charge in [0, 0.05) is 26.2 Å². The number of hydrogen-bond acceptors (Lipinski definition) is 8. The van der Waals surface area contributed by atoms with Crippen molar-refractivity contribution in [1.82, 2.24) is 30.0 Å². The van der Waals surface area contributed by atoms with Crippen molar-refractivity contribution in [1.29, 1.82) is 0 Å². The van der Waals surface area contributed by atoms with Gasteiger partial charge in [-0.15, -0.1) is 5.10 Å². The molecule has 1 amide bonds. The second-order valence-corrected chi connectivity index (χ2v) is 7.26. The largest absolute Gasteiger partial charge is 0.465 e. The summed E-state index contributed by atoms with van der Waals surface area (Å²) in [6.45, 7) is 3.84. The number of ether oxygens (including phenoxy) is 1. The predicted octanol–water partition coefficient (Wildman–Crippen LogP) is 1.52. The van der Waals surface area contributed by atoms with E-state index >= 15 is 0 Å². The molecule has 0 saturated carbocycles. The normalized spacial score (nSPS) is 15.5. The van der Waals surface area contributed by atoms with E-state index in [0.29, 0.717) is 37.8 Å². The minimum Gasteiger partial charge on any atom is -0.465 e. The summed E-state index contributed by atoms with van der Waals surface area (Å²) >= 11 is 0. The lowest BCUT2D eigenvalue weighted by molar-refractivity contribution is -0.144. The molecule has 11 heteroatoms. The first-order valence-electron chi connectivity index (χ1n) is 10.3. The van der Waals surface area contributed by atoms with Crippen LogP contribution >= 0.6 is 0 Å². The lowest BCUT2D eigenvalue weighted by atomic mass is 10.0. The van der Waals surface area contributed by atoms with Crippen molar-refractivity contribution in [2.75, 3.05) is 32.8 Å². The topological polar surface area (TPSA) is 107 Å². The Labute approximate surface area is 183 Å². The summed E-state index contributed by atoms with van der Waals surface area (Å²) in [5, 5.41) is 11.9. The summed E-state index contributed by atoms with van der Waals surface area (Å²) in [5.41, 5.74) is 0.775. The Hall–Kier alpha value is -3.60. The van der Waals surface area contributed by atoms with Gasteiger partial charge < -0.3 is 14.1 Å². The van der Waals surface area contributed by atoms with Crippen molar-refractivity contribution < 1.29 is 23.1 Å². The number of piperazine rings is 1. The molecule has 1 aromatic carbocycles. The molecule has 168 valence electrons. The smallest absolute Gasteiger partial charge is 0.327 e. The van der Waals surface area contributed by atoms with Crippen LogP contribution in [0.2, 0.25) is 0 Å². The van der Waals surface area contributed by atoms with Crippen LogP contribution in [0.3, 0.4) is 0 Å². The molecule has 0 spiro atoms. The minimum atomic E-state index is -0.451. The average Bonchev–Trinajstić information content (AvgIpc) is 3.48. The van der Waals surface area contributed by atoms with E-state index in [0.717, 1.165) is 5.56 Å². The fourth-order valence-corrected chi connectivity index (χ4v) is 3.76. The van der Waals surface area contributed by atoms with Crippen LogP contribution < -0.4 is 0 Å². The first kappa shape index (κ1) is 21.6. The quantitative estimate of drug-likeness (QED) is 0.507. The SMILES string of the molecule is CCOC(=O)Cn1nnnc1[C@@H](c1ccc(F)cc1)N1CCN(C(=O)c2ccco2)CC1. The van der Waals surface area contributed by atoms with Crippen LogP contribution in [0.4, 0.5) is 4.39 Å². The highest BCUT2D eigenvalue weighted by atomic mass is 19.1. The number of halogens is 1. The maximum atomic E-state index is 13.6. The van der Waals surface area contributed by atoms with Gasteiger partial charge in [-0.05, 0) is 47.2 Å². The van der Waals surface area contributed by atoms with Gasteiger partial charge in [0.1, 0.15) is 12.4 Å². The van der Waals surface area contributed by atoms with Crippen LogP contribution in [-0.4, -0.2) is 74.7 Å². The first-order valence-corrected chi connectivity index (χ1v) is 10.3. The van der Waals surface area contributed by atoms with E-state index in [2.05, 4.69) is 20.4 Å². The number of esters is 1. The Balaban J connectivity index is 1.57. The lowest BCUT2D eigenvalue weighted by Crippen LogP contribution is -2.50. The number of furan rings is 1. The van der Waals surface area contributed by atoms with Crippen molar-refractivity contribution in [2.45, 2.75) is 19.5 Å².